The largest absolute Gasteiger partial charge is 0.319 e. The van der Waals surface area contributed by atoms with Crippen molar-refractivity contribution in [3.8, 4) is 0 Å². The molecule has 0 spiro atoms. The van der Waals surface area contributed by atoms with Gasteiger partial charge >= 0.3 is 0 Å². The lowest BCUT2D eigenvalue weighted by Crippen LogP contribution is -2.31. The monoisotopic (exact) mass is 227 g/mol. The minimum absolute atomic E-state index is 0.0383. The zero-order valence-corrected chi connectivity index (χ0v) is 10.1. The quantitative estimate of drug-likeness (QED) is 0.814. The first-order chi connectivity index (χ1) is 7.50. The molecule has 0 amide bonds. The Bertz CT molecular complexity index is 352. The van der Waals surface area contributed by atoms with Crippen LogP contribution < -0.4 is 5.32 Å². The van der Waals surface area contributed by atoms with Crippen LogP contribution in [0.25, 0.3) is 0 Å². The molecule has 0 radical (unpaired) electrons. The van der Waals surface area contributed by atoms with Crippen LogP contribution in [0.3, 0.4) is 0 Å². The van der Waals surface area contributed by atoms with Gasteiger partial charge in [0.15, 0.2) is 0 Å². The van der Waals surface area contributed by atoms with E-state index in [0.717, 1.165) is 19.0 Å². The van der Waals surface area contributed by atoms with Crippen LogP contribution in [-0.4, -0.2) is 13.6 Å². The van der Waals surface area contributed by atoms with Crippen molar-refractivity contribution in [1.82, 2.24) is 5.32 Å². The summed E-state index contributed by atoms with van der Waals surface area (Å²) in [5.74, 6) is -0.698. The zero-order valence-electron chi connectivity index (χ0n) is 10.1. The van der Waals surface area contributed by atoms with Gasteiger partial charge in [0, 0.05) is 6.54 Å². The zero-order chi connectivity index (χ0) is 12.2. The van der Waals surface area contributed by atoms with Gasteiger partial charge in [-0.1, -0.05) is 13.8 Å². The summed E-state index contributed by atoms with van der Waals surface area (Å²) in [4.78, 5) is 0. The van der Waals surface area contributed by atoms with E-state index in [4.69, 9.17) is 0 Å². The Hall–Kier alpha value is -0.960. The fraction of sp³-hybridized carbons (Fsp3) is 0.538. The molecule has 16 heavy (non-hydrogen) atoms. The minimum atomic E-state index is -0.376. The van der Waals surface area contributed by atoms with E-state index in [2.05, 4.69) is 19.2 Å². The molecule has 0 saturated carbocycles. The molecule has 0 saturated heterocycles. The summed E-state index contributed by atoms with van der Waals surface area (Å²) >= 11 is 0. The summed E-state index contributed by atoms with van der Waals surface area (Å²) in [7, 11) is 1.87. The molecule has 0 aliphatic heterocycles. The molecule has 1 aromatic rings. The SMILES string of the molecule is CCC(C)(CNC)Cc1cc(F)ccc1F. The molecule has 1 aromatic carbocycles. The highest BCUT2D eigenvalue weighted by molar-refractivity contribution is 5.20. The van der Waals surface area contributed by atoms with Crippen molar-refractivity contribution < 1.29 is 8.78 Å². The van der Waals surface area contributed by atoms with Gasteiger partial charge in [-0.25, -0.2) is 8.78 Å². The molecule has 0 aliphatic carbocycles. The fourth-order valence-corrected chi connectivity index (χ4v) is 1.88. The first-order valence-corrected chi connectivity index (χ1v) is 5.59. The molecule has 0 fully saturated rings. The molecule has 0 aliphatic rings. The van der Waals surface area contributed by atoms with Crippen LogP contribution in [0.4, 0.5) is 8.78 Å². The molecule has 1 atom stereocenters. The third-order valence-corrected chi connectivity index (χ3v) is 3.08. The van der Waals surface area contributed by atoms with Gasteiger partial charge in [-0.3, -0.25) is 0 Å². The maximum Gasteiger partial charge on any atom is 0.126 e. The van der Waals surface area contributed by atoms with Crippen LogP contribution in [-0.2, 0) is 6.42 Å². The highest BCUT2D eigenvalue weighted by Crippen LogP contribution is 2.27. The number of nitrogens with one attached hydrogen (secondary N) is 1. The lowest BCUT2D eigenvalue weighted by atomic mass is 9.81. The highest BCUT2D eigenvalue weighted by atomic mass is 19.1. The van der Waals surface area contributed by atoms with Crippen molar-refractivity contribution in [2.75, 3.05) is 13.6 Å². The van der Waals surface area contributed by atoms with Crippen LogP contribution in [0.5, 0.6) is 0 Å². The number of hydrogen-bond acceptors (Lipinski definition) is 1. The molecular formula is C13H19F2N. The second-order valence-corrected chi connectivity index (χ2v) is 4.61. The number of hydrogen-bond donors (Lipinski definition) is 1. The van der Waals surface area contributed by atoms with Gasteiger partial charge in [-0.2, -0.15) is 0 Å². The van der Waals surface area contributed by atoms with Gasteiger partial charge in [0.25, 0.3) is 0 Å². The maximum absolute atomic E-state index is 13.5. The summed E-state index contributed by atoms with van der Waals surface area (Å²) in [5, 5.41) is 3.10. The lowest BCUT2D eigenvalue weighted by Gasteiger charge is -2.28. The van der Waals surface area contributed by atoms with E-state index in [9.17, 15) is 8.78 Å². The van der Waals surface area contributed by atoms with Crippen molar-refractivity contribution in [2.45, 2.75) is 26.7 Å². The first kappa shape index (κ1) is 13.1. The molecular weight excluding hydrogens is 208 g/mol. The maximum atomic E-state index is 13.5. The summed E-state index contributed by atoms with van der Waals surface area (Å²) in [5.41, 5.74) is 0.420. The Labute approximate surface area is 95.9 Å². The number of halogens is 2. The molecule has 0 bridgehead atoms. The number of rotatable bonds is 5. The van der Waals surface area contributed by atoms with E-state index in [1.807, 2.05) is 7.05 Å². The molecule has 1 rings (SSSR count). The van der Waals surface area contributed by atoms with E-state index in [0.29, 0.717) is 12.0 Å². The summed E-state index contributed by atoms with van der Waals surface area (Å²) < 4.78 is 26.5. The molecule has 0 heterocycles. The van der Waals surface area contributed by atoms with Crippen LogP contribution in [0.2, 0.25) is 0 Å². The molecule has 3 heteroatoms. The van der Waals surface area contributed by atoms with E-state index in [1.165, 1.54) is 12.1 Å². The van der Waals surface area contributed by atoms with Gasteiger partial charge in [0.2, 0.25) is 0 Å². The molecule has 1 unspecified atom stereocenters. The van der Waals surface area contributed by atoms with Crippen LogP contribution in [0.15, 0.2) is 18.2 Å². The highest BCUT2D eigenvalue weighted by Gasteiger charge is 2.23. The number of benzene rings is 1. The Morgan fingerprint density at radius 3 is 2.56 bits per heavy atom. The minimum Gasteiger partial charge on any atom is -0.319 e. The van der Waals surface area contributed by atoms with E-state index in [-0.39, 0.29) is 17.0 Å². The smallest absolute Gasteiger partial charge is 0.126 e. The summed E-state index contributed by atoms with van der Waals surface area (Å²) in [6.45, 7) is 4.93. The Morgan fingerprint density at radius 2 is 2.00 bits per heavy atom. The van der Waals surface area contributed by atoms with Crippen molar-refractivity contribution in [2.24, 2.45) is 5.41 Å². The average Bonchev–Trinajstić information content (AvgIpc) is 2.24. The Kier molecular flexibility index (Phi) is 4.42. The first-order valence-electron chi connectivity index (χ1n) is 5.59. The van der Waals surface area contributed by atoms with E-state index < -0.39 is 0 Å². The Morgan fingerprint density at radius 1 is 1.31 bits per heavy atom. The third kappa shape index (κ3) is 3.27. The van der Waals surface area contributed by atoms with Gasteiger partial charge in [-0.15, -0.1) is 0 Å². The summed E-state index contributed by atoms with van der Waals surface area (Å²) in [6, 6.07) is 3.64. The normalized spacial score (nSPS) is 14.8. The second-order valence-electron chi connectivity index (χ2n) is 4.61. The van der Waals surface area contributed by atoms with Crippen LogP contribution in [0, 0.1) is 17.0 Å². The predicted molar refractivity (Wildman–Crippen MR) is 62.4 cm³/mol. The van der Waals surface area contributed by atoms with Crippen molar-refractivity contribution in [1.29, 1.82) is 0 Å². The van der Waals surface area contributed by atoms with E-state index in [1.54, 1.807) is 0 Å². The average molecular weight is 227 g/mol. The van der Waals surface area contributed by atoms with Crippen LogP contribution in [0.1, 0.15) is 25.8 Å². The summed E-state index contributed by atoms with van der Waals surface area (Å²) in [6.07, 6.45) is 1.47. The van der Waals surface area contributed by atoms with Gasteiger partial charge < -0.3 is 5.32 Å². The van der Waals surface area contributed by atoms with Crippen molar-refractivity contribution in [3.63, 3.8) is 0 Å². The molecule has 0 aromatic heterocycles. The lowest BCUT2D eigenvalue weighted by molar-refractivity contribution is 0.294. The van der Waals surface area contributed by atoms with Crippen LogP contribution >= 0.6 is 0 Å². The second kappa shape index (κ2) is 5.39. The van der Waals surface area contributed by atoms with Gasteiger partial charge in [0.05, 0.1) is 0 Å². The molecule has 1 nitrogen and oxygen atoms in total. The van der Waals surface area contributed by atoms with Gasteiger partial charge in [0.1, 0.15) is 11.6 Å². The Balaban J connectivity index is 2.89. The van der Waals surface area contributed by atoms with Crippen molar-refractivity contribution in [3.05, 3.63) is 35.4 Å². The standard InChI is InChI=1S/C13H19F2N/c1-4-13(2,9-16-3)8-10-7-11(14)5-6-12(10)15/h5-7,16H,4,8-9H2,1-3H3. The topological polar surface area (TPSA) is 12.0 Å². The molecule has 90 valence electrons. The van der Waals surface area contributed by atoms with Crippen molar-refractivity contribution >= 4 is 0 Å². The fourth-order valence-electron chi connectivity index (χ4n) is 1.88. The molecule has 1 N–H and O–H groups in total. The third-order valence-electron chi connectivity index (χ3n) is 3.08. The van der Waals surface area contributed by atoms with E-state index >= 15 is 0 Å². The predicted octanol–water partition coefficient (Wildman–Crippen LogP) is 3.14. The van der Waals surface area contributed by atoms with Gasteiger partial charge in [-0.05, 0) is 49.1 Å².